The van der Waals surface area contributed by atoms with Gasteiger partial charge in [-0.15, -0.1) is 11.3 Å². The lowest BCUT2D eigenvalue weighted by Gasteiger charge is -2.03. The molecule has 0 aliphatic carbocycles. The van der Waals surface area contributed by atoms with Gasteiger partial charge < -0.3 is 9.90 Å². The number of aliphatic hydroxyl groups excluding tert-OH is 1. The molecule has 1 N–H and O–H groups in total. The van der Waals surface area contributed by atoms with Crippen LogP contribution in [0.15, 0.2) is 6.07 Å². The predicted molar refractivity (Wildman–Crippen MR) is 50.0 cm³/mol. The summed E-state index contributed by atoms with van der Waals surface area (Å²) in [6.07, 6.45) is -0.141. The van der Waals surface area contributed by atoms with Crippen LogP contribution < -0.4 is 0 Å². The van der Waals surface area contributed by atoms with E-state index < -0.39 is 6.10 Å². The van der Waals surface area contributed by atoms with Crippen molar-refractivity contribution in [2.75, 3.05) is 0 Å². The fraction of sp³-hybridized carbons (Fsp3) is 0.286. The van der Waals surface area contributed by atoms with E-state index in [2.05, 4.69) is 0 Å². The van der Waals surface area contributed by atoms with Crippen LogP contribution in [0.2, 0.25) is 8.67 Å². The van der Waals surface area contributed by atoms with Gasteiger partial charge in [0.25, 0.3) is 0 Å². The van der Waals surface area contributed by atoms with Crippen molar-refractivity contribution in [3.63, 3.8) is 0 Å². The second-order valence-electron chi connectivity index (χ2n) is 2.20. The van der Waals surface area contributed by atoms with Gasteiger partial charge in [0, 0.05) is 12.0 Å². The Morgan fingerprint density at radius 1 is 1.67 bits per heavy atom. The van der Waals surface area contributed by atoms with Crippen LogP contribution in [-0.2, 0) is 4.79 Å². The highest BCUT2D eigenvalue weighted by atomic mass is 35.5. The highest BCUT2D eigenvalue weighted by Crippen LogP contribution is 2.35. The summed E-state index contributed by atoms with van der Waals surface area (Å²) >= 11 is 12.6. The van der Waals surface area contributed by atoms with Crippen LogP contribution in [0.4, 0.5) is 0 Å². The Morgan fingerprint density at radius 3 is 2.75 bits per heavy atom. The number of aldehydes is 1. The fourth-order valence-electron chi connectivity index (χ4n) is 0.798. The summed E-state index contributed by atoms with van der Waals surface area (Å²) in [5.74, 6) is 0. The molecule has 0 aliphatic heterocycles. The van der Waals surface area contributed by atoms with Crippen molar-refractivity contribution in [2.45, 2.75) is 12.5 Å². The Labute approximate surface area is 83.7 Å². The van der Waals surface area contributed by atoms with E-state index in [0.29, 0.717) is 20.5 Å². The summed E-state index contributed by atoms with van der Waals surface area (Å²) in [4.78, 5) is 10.1. The number of halogens is 2. The summed E-state index contributed by atoms with van der Waals surface area (Å²) in [5, 5.41) is 9.35. The number of rotatable bonds is 3. The summed E-state index contributed by atoms with van der Waals surface area (Å²) in [6.45, 7) is 0. The normalized spacial score (nSPS) is 12.9. The number of carbonyl (C=O) groups is 1. The van der Waals surface area contributed by atoms with E-state index in [0.717, 1.165) is 0 Å². The summed E-state index contributed by atoms with van der Waals surface area (Å²) < 4.78 is 0.953. The molecule has 1 rings (SSSR count). The maximum Gasteiger partial charge on any atom is 0.122 e. The fourth-order valence-corrected chi connectivity index (χ4v) is 2.37. The largest absolute Gasteiger partial charge is 0.388 e. The third-order valence-corrected chi connectivity index (χ3v) is 2.88. The van der Waals surface area contributed by atoms with Crippen LogP contribution in [0.25, 0.3) is 0 Å². The quantitative estimate of drug-likeness (QED) is 0.803. The van der Waals surface area contributed by atoms with E-state index in [1.54, 1.807) is 6.07 Å². The highest BCUT2D eigenvalue weighted by Gasteiger charge is 2.13. The number of aliphatic hydroxyl groups is 1. The van der Waals surface area contributed by atoms with Crippen molar-refractivity contribution in [1.29, 1.82) is 0 Å². The van der Waals surface area contributed by atoms with Crippen LogP contribution in [0.1, 0.15) is 18.1 Å². The number of hydrogen-bond acceptors (Lipinski definition) is 3. The minimum Gasteiger partial charge on any atom is -0.388 e. The zero-order chi connectivity index (χ0) is 9.14. The standard InChI is InChI=1S/C7H6Cl2O2S/c8-6-3-4(7(9)12-6)5(11)1-2-10/h2-3,5,11H,1H2. The number of thiophene rings is 1. The molecule has 1 aromatic heterocycles. The third kappa shape index (κ3) is 2.20. The Balaban J connectivity index is 2.85. The Kier molecular flexibility index (Phi) is 3.53. The van der Waals surface area contributed by atoms with E-state index in [9.17, 15) is 9.90 Å². The monoisotopic (exact) mass is 224 g/mol. The molecule has 0 saturated carbocycles. The van der Waals surface area contributed by atoms with Gasteiger partial charge in [0.05, 0.1) is 10.4 Å². The highest BCUT2D eigenvalue weighted by molar-refractivity contribution is 7.20. The molecule has 0 bridgehead atoms. The van der Waals surface area contributed by atoms with E-state index in [1.165, 1.54) is 11.3 Å². The average Bonchev–Trinajstić information content (AvgIpc) is 2.30. The van der Waals surface area contributed by atoms with Gasteiger partial charge >= 0.3 is 0 Å². The molecule has 0 amide bonds. The predicted octanol–water partition coefficient (Wildman–Crippen LogP) is 2.68. The molecule has 66 valence electrons. The van der Waals surface area contributed by atoms with Crippen molar-refractivity contribution >= 4 is 40.8 Å². The van der Waals surface area contributed by atoms with Crippen LogP contribution in [0, 0.1) is 0 Å². The SMILES string of the molecule is O=CCC(O)c1cc(Cl)sc1Cl. The van der Waals surface area contributed by atoms with Crippen molar-refractivity contribution in [3.8, 4) is 0 Å². The molecule has 0 radical (unpaired) electrons. The number of carbonyl (C=O) groups excluding carboxylic acids is 1. The van der Waals surface area contributed by atoms with E-state index in [4.69, 9.17) is 23.2 Å². The lowest BCUT2D eigenvalue weighted by molar-refractivity contribution is -0.109. The van der Waals surface area contributed by atoms with Gasteiger partial charge in [-0.2, -0.15) is 0 Å². The Hall–Kier alpha value is -0.0900. The first-order valence-electron chi connectivity index (χ1n) is 3.21. The van der Waals surface area contributed by atoms with Crippen molar-refractivity contribution in [1.82, 2.24) is 0 Å². The maximum absolute atomic E-state index is 10.1. The topological polar surface area (TPSA) is 37.3 Å². The number of hydrogen-bond donors (Lipinski definition) is 1. The maximum atomic E-state index is 10.1. The molecule has 0 saturated heterocycles. The third-order valence-electron chi connectivity index (χ3n) is 1.36. The van der Waals surface area contributed by atoms with Gasteiger partial charge in [-0.25, -0.2) is 0 Å². The molecule has 12 heavy (non-hydrogen) atoms. The molecule has 0 fully saturated rings. The van der Waals surface area contributed by atoms with E-state index in [1.807, 2.05) is 0 Å². The van der Waals surface area contributed by atoms with Gasteiger partial charge in [0.2, 0.25) is 0 Å². The summed E-state index contributed by atoms with van der Waals surface area (Å²) in [7, 11) is 0. The molecule has 0 aromatic carbocycles. The molecule has 1 heterocycles. The zero-order valence-corrected chi connectivity index (χ0v) is 8.29. The smallest absolute Gasteiger partial charge is 0.122 e. The van der Waals surface area contributed by atoms with Gasteiger partial charge in [-0.05, 0) is 6.07 Å². The lowest BCUT2D eigenvalue weighted by atomic mass is 10.1. The summed E-state index contributed by atoms with van der Waals surface area (Å²) in [6, 6.07) is 1.57. The molecule has 1 atom stereocenters. The Morgan fingerprint density at radius 2 is 2.33 bits per heavy atom. The molecule has 1 aromatic rings. The molecule has 0 aliphatic rings. The minimum absolute atomic E-state index is 0.0484. The zero-order valence-electron chi connectivity index (χ0n) is 5.96. The van der Waals surface area contributed by atoms with E-state index in [-0.39, 0.29) is 6.42 Å². The van der Waals surface area contributed by atoms with Gasteiger partial charge in [-0.1, -0.05) is 23.2 Å². The van der Waals surface area contributed by atoms with Gasteiger partial charge in [0.15, 0.2) is 0 Å². The average molecular weight is 225 g/mol. The van der Waals surface area contributed by atoms with Crippen LogP contribution >= 0.6 is 34.5 Å². The second kappa shape index (κ2) is 4.23. The molecule has 2 nitrogen and oxygen atoms in total. The van der Waals surface area contributed by atoms with Gasteiger partial charge in [0.1, 0.15) is 10.6 Å². The van der Waals surface area contributed by atoms with Crippen molar-refractivity contribution < 1.29 is 9.90 Å². The Bertz CT molecular complexity index is 285. The van der Waals surface area contributed by atoms with Crippen LogP contribution in [0.5, 0.6) is 0 Å². The van der Waals surface area contributed by atoms with Crippen molar-refractivity contribution in [3.05, 3.63) is 20.3 Å². The first-order chi connectivity index (χ1) is 5.65. The molecule has 1 unspecified atom stereocenters. The summed E-state index contributed by atoms with van der Waals surface area (Å²) in [5.41, 5.74) is 0.527. The van der Waals surface area contributed by atoms with Crippen LogP contribution in [0.3, 0.4) is 0 Å². The second-order valence-corrected chi connectivity index (χ2v) is 4.48. The van der Waals surface area contributed by atoms with Gasteiger partial charge in [-0.3, -0.25) is 0 Å². The first-order valence-corrected chi connectivity index (χ1v) is 4.79. The first kappa shape index (κ1) is 9.99. The minimum atomic E-state index is -0.834. The lowest BCUT2D eigenvalue weighted by Crippen LogP contribution is -1.96. The van der Waals surface area contributed by atoms with Crippen molar-refractivity contribution in [2.24, 2.45) is 0 Å². The molecule has 5 heteroatoms. The molecular formula is C7H6Cl2O2S. The van der Waals surface area contributed by atoms with E-state index >= 15 is 0 Å². The van der Waals surface area contributed by atoms with Crippen LogP contribution in [-0.4, -0.2) is 11.4 Å². The molecular weight excluding hydrogens is 219 g/mol. The molecule has 0 spiro atoms.